The van der Waals surface area contributed by atoms with E-state index in [1.807, 2.05) is 54.8 Å². The van der Waals surface area contributed by atoms with Gasteiger partial charge in [-0.3, -0.25) is 4.79 Å². The van der Waals surface area contributed by atoms with E-state index in [-0.39, 0.29) is 5.91 Å². The van der Waals surface area contributed by atoms with Gasteiger partial charge in [0, 0.05) is 26.3 Å². The zero-order valence-corrected chi connectivity index (χ0v) is 14.1. The average molecular weight is 317 g/mol. The highest BCUT2D eigenvalue weighted by atomic mass is 32.2. The molecule has 2 aromatic rings. The summed E-state index contributed by atoms with van der Waals surface area (Å²) < 4.78 is 0. The third-order valence-electron chi connectivity index (χ3n) is 2.82. The number of carbonyl (C=O) groups is 1. The zero-order valence-electron chi connectivity index (χ0n) is 12.4. The van der Waals surface area contributed by atoms with Crippen molar-refractivity contribution in [2.24, 2.45) is 0 Å². The first-order valence-electron chi connectivity index (χ1n) is 6.80. The molecule has 0 aliphatic carbocycles. The van der Waals surface area contributed by atoms with Crippen LogP contribution in [0, 0.1) is 0 Å². The minimum absolute atomic E-state index is 0.0712. The van der Waals surface area contributed by atoms with Gasteiger partial charge in [0.05, 0.1) is 0 Å². The van der Waals surface area contributed by atoms with Crippen LogP contribution >= 0.6 is 23.5 Å². The predicted molar refractivity (Wildman–Crippen MR) is 93.6 cm³/mol. The van der Waals surface area contributed by atoms with Gasteiger partial charge in [-0.1, -0.05) is 19.9 Å². The number of thioether (sulfide) groups is 2. The van der Waals surface area contributed by atoms with Crippen molar-refractivity contribution >= 4 is 35.1 Å². The van der Waals surface area contributed by atoms with Crippen molar-refractivity contribution in [3.63, 3.8) is 0 Å². The van der Waals surface area contributed by atoms with Crippen molar-refractivity contribution in [1.82, 2.24) is 0 Å². The van der Waals surface area contributed by atoms with Gasteiger partial charge in [0.1, 0.15) is 0 Å². The standard InChI is InChI=1S/C17H19NOS2/c1-12(2)21-16-6-4-5-13(11-16)17(19)18-14-7-9-15(20-3)10-8-14/h4-12H,1-3H3,(H,18,19). The lowest BCUT2D eigenvalue weighted by Crippen LogP contribution is -2.11. The highest BCUT2D eigenvalue weighted by Gasteiger charge is 2.08. The molecule has 0 saturated heterocycles. The maximum Gasteiger partial charge on any atom is 0.255 e. The lowest BCUT2D eigenvalue weighted by atomic mass is 10.2. The summed E-state index contributed by atoms with van der Waals surface area (Å²) in [5.74, 6) is -0.0712. The fourth-order valence-electron chi connectivity index (χ4n) is 1.86. The van der Waals surface area contributed by atoms with Crippen LogP contribution in [0.3, 0.4) is 0 Å². The molecule has 21 heavy (non-hydrogen) atoms. The number of hydrogen-bond donors (Lipinski definition) is 1. The Bertz CT molecular complexity index is 608. The van der Waals surface area contributed by atoms with Crippen LogP contribution in [0.5, 0.6) is 0 Å². The summed E-state index contributed by atoms with van der Waals surface area (Å²) in [6.45, 7) is 4.29. The molecule has 110 valence electrons. The van der Waals surface area contributed by atoms with Gasteiger partial charge in [-0.15, -0.1) is 23.5 Å². The van der Waals surface area contributed by atoms with Crippen LogP contribution < -0.4 is 5.32 Å². The van der Waals surface area contributed by atoms with Gasteiger partial charge in [0.15, 0.2) is 0 Å². The number of carbonyl (C=O) groups excluding carboxylic acids is 1. The molecule has 0 aliphatic rings. The van der Waals surface area contributed by atoms with Crippen LogP contribution in [0.4, 0.5) is 5.69 Å². The summed E-state index contributed by atoms with van der Waals surface area (Å²) in [4.78, 5) is 14.6. The number of rotatable bonds is 5. The van der Waals surface area contributed by atoms with Crippen LogP contribution in [-0.2, 0) is 0 Å². The van der Waals surface area contributed by atoms with E-state index in [4.69, 9.17) is 0 Å². The van der Waals surface area contributed by atoms with Crippen LogP contribution in [0.1, 0.15) is 24.2 Å². The van der Waals surface area contributed by atoms with Gasteiger partial charge < -0.3 is 5.32 Å². The third kappa shape index (κ3) is 4.83. The van der Waals surface area contributed by atoms with Crippen molar-refractivity contribution in [2.75, 3.05) is 11.6 Å². The van der Waals surface area contributed by atoms with Crippen molar-refractivity contribution in [3.8, 4) is 0 Å². The maximum absolute atomic E-state index is 12.3. The Balaban J connectivity index is 2.08. The molecule has 2 aromatic carbocycles. The largest absolute Gasteiger partial charge is 0.322 e. The van der Waals surface area contributed by atoms with Crippen molar-refractivity contribution < 1.29 is 4.79 Å². The molecular weight excluding hydrogens is 298 g/mol. The van der Waals surface area contributed by atoms with E-state index in [0.717, 1.165) is 10.6 Å². The van der Waals surface area contributed by atoms with Crippen molar-refractivity contribution in [3.05, 3.63) is 54.1 Å². The third-order valence-corrected chi connectivity index (χ3v) is 4.56. The number of nitrogens with one attached hydrogen (secondary N) is 1. The molecule has 2 rings (SSSR count). The number of hydrogen-bond acceptors (Lipinski definition) is 3. The molecule has 0 fully saturated rings. The molecular formula is C17H19NOS2. The molecule has 0 radical (unpaired) electrons. The van der Waals surface area contributed by atoms with E-state index in [1.165, 1.54) is 4.90 Å². The van der Waals surface area contributed by atoms with E-state index in [1.54, 1.807) is 23.5 Å². The SMILES string of the molecule is CSc1ccc(NC(=O)c2cccc(SC(C)C)c2)cc1. The molecule has 0 heterocycles. The molecule has 0 saturated carbocycles. The zero-order chi connectivity index (χ0) is 15.2. The summed E-state index contributed by atoms with van der Waals surface area (Å²) in [7, 11) is 0. The van der Waals surface area contributed by atoms with Crippen molar-refractivity contribution in [2.45, 2.75) is 28.9 Å². The Morgan fingerprint density at radius 3 is 2.38 bits per heavy atom. The summed E-state index contributed by atoms with van der Waals surface area (Å²) in [5, 5.41) is 3.43. The number of benzene rings is 2. The molecule has 4 heteroatoms. The highest BCUT2D eigenvalue weighted by molar-refractivity contribution is 8.00. The number of anilines is 1. The first kappa shape index (κ1) is 16.0. The first-order chi connectivity index (χ1) is 10.1. The Morgan fingerprint density at radius 2 is 1.76 bits per heavy atom. The molecule has 0 aromatic heterocycles. The van der Waals surface area contributed by atoms with Gasteiger partial charge in [0.2, 0.25) is 0 Å². The number of amides is 1. The van der Waals surface area contributed by atoms with Gasteiger partial charge in [-0.2, -0.15) is 0 Å². The Kier molecular flexibility index (Phi) is 5.76. The topological polar surface area (TPSA) is 29.1 Å². The molecule has 0 spiro atoms. The van der Waals surface area contributed by atoms with Crippen LogP contribution in [0.25, 0.3) is 0 Å². The van der Waals surface area contributed by atoms with Gasteiger partial charge in [-0.25, -0.2) is 0 Å². The fourth-order valence-corrected chi connectivity index (χ4v) is 3.17. The highest BCUT2D eigenvalue weighted by Crippen LogP contribution is 2.24. The van der Waals surface area contributed by atoms with Gasteiger partial charge >= 0.3 is 0 Å². The Labute approximate surface area is 134 Å². The van der Waals surface area contributed by atoms with E-state index in [2.05, 4.69) is 19.2 Å². The lowest BCUT2D eigenvalue weighted by molar-refractivity contribution is 0.102. The monoisotopic (exact) mass is 317 g/mol. The van der Waals surface area contributed by atoms with Gasteiger partial charge in [-0.05, 0) is 48.7 Å². The van der Waals surface area contributed by atoms with E-state index < -0.39 is 0 Å². The quantitative estimate of drug-likeness (QED) is 0.772. The van der Waals surface area contributed by atoms with E-state index >= 15 is 0 Å². The molecule has 0 atom stereocenters. The second-order valence-electron chi connectivity index (χ2n) is 4.88. The second kappa shape index (κ2) is 7.57. The minimum Gasteiger partial charge on any atom is -0.322 e. The Morgan fingerprint density at radius 1 is 1.05 bits per heavy atom. The molecule has 1 N–H and O–H groups in total. The smallest absolute Gasteiger partial charge is 0.255 e. The summed E-state index contributed by atoms with van der Waals surface area (Å²) in [5.41, 5.74) is 1.51. The molecule has 0 unspecified atom stereocenters. The second-order valence-corrected chi connectivity index (χ2v) is 7.41. The summed E-state index contributed by atoms with van der Waals surface area (Å²) in [6.07, 6.45) is 2.03. The lowest BCUT2D eigenvalue weighted by Gasteiger charge is -2.08. The Hall–Kier alpha value is -1.39. The normalized spacial score (nSPS) is 10.7. The molecule has 1 amide bonds. The molecule has 0 aliphatic heterocycles. The van der Waals surface area contributed by atoms with Gasteiger partial charge in [0.25, 0.3) is 5.91 Å². The van der Waals surface area contributed by atoms with Crippen LogP contribution in [-0.4, -0.2) is 17.4 Å². The van der Waals surface area contributed by atoms with Crippen LogP contribution in [0.15, 0.2) is 58.3 Å². The molecule has 2 nitrogen and oxygen atoms in total. The first-order valence-corrected chi connectivity index (χ1v) is 8.91. The predicted octanol–water partition coefficient (Wildman–Crippen LogP) is 5.16. The van der Waals surface area contributed by atoms with Crippen LogP contribution in [0.2, 0.25) is 0 Å². The maximum atomic E-state index is 12.3. The summed E-state index contributed by atoms with van der Waals surface area (Å²) in [6, 6.07) is 15.6. The van der Waals surface area contributed by atoms with Crippen molar-refractivity contribution in [1.29, 1.82) is 0 Å². The average Bonchev–Trinajstić information content (AvgIpc) is 2.47. The fraction of sp³-hybridized carbons (Fsp3) is 0.235. The van der Waals surface area contributed by atoms with E-state index in [0.29, 0.717) is 10.8 Å². The minimum atomic E-state index is -0.0712. The molecule has 0 bridgehead atoms. The van der Waals surface area contributed by atoms with E-state index in [9.17, 15) is 4.79 Å². The summed E-state index contributed by atoms with van der Waals surface area (Å²) >= 11 is 3.44.